The van der Waals surface area contributed by atoms with Crippen molar-refractivity contribution >= 4 is 23.3 Å². The molecule has 2 N–H and O–H groups in total. The van der Waals surface area contributed by atoms with Crippen LogP contribution in [0.1, 0.15) is 11.4 Å². The molecule has 1 aliphatic rings. The summed E-state index contributed by atoms with van der Waals surface area (Å²) in [6.07, 6.45) is 0. The molecule has 2 heterocycles. The monoisotopic (exact) mass is 419 g/mol. The fraction of sp³-hybridized carbons (Fsp3) is 0.348. The van der Waals surface area contributed by atoms with Gasteiger partial charge in [0.05, 0.1) is 13.7 Å². The maximum absolute atomic E-state index is 5.26. The number of anilines is 4. The highest BCUT2D eigenvalue weighted by molar-refractivity contribution is 5.55. The molecule has 0 aliphatic carbocycles. The van der Waals surface area contributed by atoms with Gasteiger partial charge in [0.15, 0.2) is 0 Å². The average molecular weight is 420 g/mol. The second-order valence-electron chi connectivity index (χ2n) is 7.60. The number of nitrogens with one attached hydrogen (secondary N) is 2. The van der Waals surface area contributed by atoms with E-state index in [0.29, 0.717) is 18.4 Å². The van der Waals surface area contributed by atoms with Crippen LogP contribution >= 0.6 is 0 Å². The Morgan fingerprint density at radius 2 is 1.68 bits per heavy atom. The van der Waals surface area contributed by atoms with Crippen molar-refractivity contribution in [1.82, 2.24) is 19.9 Å². The zero-order chi connectivity index (χ0) is 21.6. The van der Waals surface area contributed by atoms with Crippen LogP contribution in [0.3, 0.4) is 0 Å². The van der Waals surface area contributed by atoms with E-state index in [1.54, 1.807) is 7.11 Å². The van der Waals surface area contributed by atoms with Gasteiger partial charge in [0, 0.05) is 44.6 Å². The van der Waals surface area contributed by atoms with Crippen LogP contribution in [0.5, 0.6) is 5.75 Å². The molecule has 0 unspecified atom stereocenters. The summed E-state index contributed by atoms with van der Waals surface area (Å²) in [5.74, 6) is 2.76. The quantitative estimate of drug-likeness (QED) is 0.604. The molecule has 1 aromatic heterocycles. The van der Waals surface area contributed by atoms with E-state index in [1.165, 1.54) is 11.3 Å². The number of nitrogens with zero attached hydrogens (tertiary/aromatic N) is 5. The molecule has 0 bridgehead atoms. The van der Waals surface area contributed by atoms with Crippen LogP contribution in [-0.4, -0.2) is 60.2 Å². The van der Waals surface area contributed by atoms with Gasteiger partial charge in [-0.05, 0) is 48.9 Å². The maximum Gasteiger partial charge on any atom is 0.232 e. The van der Waals surface area contributed by atoms with E-state index < -0.39 is 0 Å². The summed E-state index contributed by atoms with van der Waals surface area (Å²) < 4.78 is 5.26. The summed E-state index contributed by atoms with van der Waals surface area (Å²) in [7, 11) is 3.51. The number of aryl methyl sites for hydroxylation is 1. The zero-order valence-electron chi connectivity index (χ0n) is 18.3. The van der Waals surface area contributed by atoms with Gasteiger partial charge in [-0.15, -0.1) is 0 Å². The Labute approximate surface area is 183 Å². The lowest BCUT2D eigenvalue weighted by Crippen LogP contribution is -2.46. The molecular formula is C23H29N7O. The highest BCUT2D eigenvalue weighted by atomic mass is 16.5. The Hall–Kier alpha value is -3.39. The van der Waals surface area contributed by atoms with Crippen molar-refractivity contribution in [3.8, 4) is 5.75 Å². The number of benzene rings is 2. The third-order valence-electron chi connectivity index (χ3n) is 5.35. The SMILES string of the molecule is CNc1nc(CN2CCN(c3ccc(OC)cc3)CC2)nc(Nc2cccc(C)c2)n1. The van der Waals surface area contributed by atoms with E-state index in [2.05, 4.69) is 66.6 Å². The van der Waals surface area contributed by atoms with Crippen LogP contribution in [0.25, 0.3) is 0 Å². The molecule has 1 aliphatic heterocycles. The largest absolute Gasteiger partial charge is 0.497 e. The third kappa shape index (κ3) is 5.40. The van der Waals surface area contributed by atoms with Crippen LogP contribution in [0.15, 0.2) is 48.5 Å². The number of rotatable bonds is 7. The van der Waals surface area contributed by atoms with Crippen molar-refractivity contribution in [2.45, 2.75) is 13.5 Å². The molecule has 1 saturated heterocycles. The highest BCUT2D eigenvalue weighted by Crippen LogP contribution is 2.21. The van der Waals surface area contributed by atoms with Gasteiger partial charge >= 0.3 is 0 Å². The van der Waals surface area contributed by atoms with Gasteiger partial charge in [-0.2, -0.15) is 15.0 Å². The molecule has 162 valence electrons. The summed E-state index contributed by atoms with van der Waals surface area (Å²) in [5, 5.41) is 6.34. The number of hydrogen-bond donors (Lipinski definition) is 2. The van der Waals surface area contributed by atoms with Gasteiger partial charge in [0.25, 0.3) is 0 Å². The summed E-state index contributed by atoms with van der Waals surface area (Å²) in [5.41, 5.74) is 3.37. The molecule has 1 fully saturated rings. The van der Waals surface area contributed by atoms with Gasteiger partial charge in [0.2, 0.25) is 11.9 Å². The standard InChI is InChI=1S/C23H29N7O/c1-17-5-4-6-18(15-17)25-23-27-21(26-22(24-2)28-23)16-29-11-13-30(14-12-29)19-7-9-20(31-3)10-8-19/h4-10,15H,11-14,16H2,1-3H3,(H2,24,25,26,27,28). The van der Waals surface area contributed by atoms with E-state index in [9.17, 15) is 0 Å². The Bertz CT molecular complexity index is 1000. The van der Waals surface area contributed by atoms with Gasteiger partial charge in [-0.3, -0.25) is 4.90 Å². The topological polar surface area (TPSA) is 78.4 Å². The molecule has 2 aromatic carbocycles. The van der Waals surface area contributed by atoms with Crippen molar-refractivity contribution in [2.24, 2.45) is 0 Å². The smallest absolute Gasteiger partial charge is 0.232 e. The molecule has 8 nitrogen and oxygen atoms in total. The Kier molecular flexibility index (Phi) is 6.47. The van der Waals surface area contributed by atoms with Crippen LogP contribution in [0.4, 0.5) is 23.3 Å². The van der Waals surface area contributed by atoms with Crippen LogP contribution in [0, 0.1) is 6.92 Å². The van der Waals surface area contributed by atoms with Crippen molar-refractivity contribution in [1.29, 1.82) is 0 Å². The molecule has 3 aromatic rings. The van der Waals surface area contributed by atoms with E-state index in [1.807, 2.05) is 31.3 Å². The minimum atomic E-state index is 0.553. The molecule has 0 spiro atoms. The Balaban J connectivity index is 1.39. The highest BCUT2D eigenvalue weighted by Gasteiger charge is 2.19. The summed E-state index contributed by atoms with van der Waals surface area (Å²) >= 11 is 0. The average Bonchev–Trinajstić information content (AvgIpc) is 2.79. The number of aromatic nitrogens is 3. The van der Waals surface area contributed by atoms with Gasteiger partial charge in [-0.25, -0.2) is 0 Å². The first-order chi connectivity index (χ1) is 15.1. The number of piperazine rings is 1. The number of methoxy groups -OCH3 is 1. The van der Waals surface area contributed by atoms with E-state index in [0.717, 1.165) is 43.4 Å². The first-order valence-corrected chi connectivity index (χ1v) is 10.5. The molecule has 8 heteroatoms. The Morgan fingerprint density at radius 3 is 2.35 bits per heavy atom. The second-order valence-corrected chi connectivity index (χ2v) is 7.60. The van der Waals surface area contributed by atoms with E-state index in [4.69, 9.17) is 4.74 Å². The predicted molar refractivity (Wildman–Crippen MR) is 124 cm³/mol. The first-order valence-electron chi connectivity index (χ1n) is 10.5. The van der Waals surface area contributed by atoms with Crippen molar-refractivity contribution < 1.29 is 4.74 Å². The Morgan fingerprint density at radius 1 is 0.935 bits per heavy atom. The predicted octanol–water partition coefficient (Wildman–Crippen LogP) is 3.30. The van der Waals surface area contributed by atoms with Gasteiger partial charge < -0.3 is 20.3 Å². The van der Waals surface area contributed by atoms with E-state index >= 15 is 0 Å². The number of ether oxygens (including phenoxy) is 1. The third-order valence-corrected chi connectivity index (χ3v) is 5.35. The number of hydrogen-bond acceptors (Lipinski definition) is 8. The van der Waals surface area contributed by atoms with Gasteiger partial charge in [0.1, 0.15) is 11.6 Å². The maximum atomic E-state index is 5.26. The van der Waals surface area contributed by atoms with Crippen LogP contribution in [-0.2, 0) is 6.54 Å². The molecular weight excluding hydrogens is 390 g/mol. The normalized spacial score (nSPS) is 14.4. The zero-order valence-corrected chi connectivity index (χ0v) is 18.3. The summed E-state index contributed by atoms with van der Waals surface area (Å²) in [6.45, 7) is 6.58. The fourth-order valence-corrected chi connectivity index (χ4v) is 3.67. The fourth-order valence-electron chi connectivity index (χ4n) is 3.67. The molecule has 0 atom stereocenters. The van der Waals surface area contributed by atoms with Crippen molar-refractivity contribution in [3.05, 3.63) is 59.9 Å². The summed E-state index contributed by atoms with van der Waals surface area (Å²) in [6, 6.07) is 16.4. The molecule has 0 amide bonds. The van der Waals surface area contributed by atoms with E-state index in [-0.39, 0.29) is 0 Å². The molecule has 31 heavy (non-hydrogen) atoms. The first kappa shape index (κ1) is 20.9. The summed E-state index contributed by atoms with van der Waals surface area (Å²) in [4.78, 5) is 18.4. The van der Waals surface area contributed by atoms with Gasteiger partial charge in [-0.1, -0.05) is 12.1 Å². The van der Waals surface area contributed by atoms with Crippen LogP contribution < -0.4 is 20.3 Å². The lowest BCUT2D eigenvalue weighted by Gasteiger charge is -2.35. The lowest BCUT2D eigenvalue weighted by atomic mass is 10.2. The molecule has 0 radical (unpaired) electrons. The lowest BCUT2D eigenvalue weighted by molar-refractivity contribution is 0.244. The van der Waals surface area contributed by atoms with Crippen molar-refractivity contribution in [3.63, 3.8) is 0 Å². The molecule has 0 saturated carbocycles. The van der Waals surface area contributed by atoms with Crippen LogP contribution in [0.2, 0.25) is 0 Å². The molecule has 4 rings (SSSR count). The minimum absolute atomic E-state index is 0.553. The van der Waals surface area contributed by atoms with Crippen molar-refractivity contribution in [2.75, 3.05) is 55.9 Å². The minimum Gasteiger partial charge on any atom is -0.497 e. The second kappa shape index (κ2) is 9.61.